The minimum absolute atomic E-state index is 0.144. The van der Waals surface area contributed by atoms with E-state index in [1.807, 2.05) is 12.1 Å². The van der Waals surface area contributed by atoms with E-state index in [1.54, 1.807) is 0 Å². The van der Waals surface area contributed by atoms with Crippen LogP contribution in [-0.4, -0.2) is 18.7 Å². The van der Waals surface area contributed by atoms with Crippen LogP contribution in [0.3, 0.4) is 0 Å². The lowest BCUT2D eigenvalue weighted by atomic mass is 10.0. The van der Waals surface area contributed by atoms with Gasteiger partial charge in [-0.1, -0.05) is 29.8 Å². The van der Waals surface area contributed by atoms with Gasteiger partial charge in [0.25, 0.3) is 0 Å². The van der Waals surface area contributed by atoms with Crippen LogP contribution in [0, 0.1) is 0 Å². The maximum atomic E-state index is 5.98. The summed E-state index contributed by atoms with van der Waals surface area (Å²) >= 11 is 5.89. The van der Waals surface area contributed by atoms with Crippen molar-refractivity contribution in [2.45, 2.75) is 32.4 Å². The molecule has 4 heteroatoms. The third-order valence-electron chi connectivity index (χ3n) is 3.97. The van der Waals surface area contributed by atoms with Crippen LogP contribution >= 0.6 is 11.6 Å². The monoisotopic (exact) mass is 330 g/mol. The molecule has 2 aromatic carbocycles. The Balaban J connectivity index is 1.50. The summed E-state index contributed by atoms with van der Waals surface area (Å²) in [6, 6.07) is 14.4. The lowest BCUT2D eigenvalue weighted by Crippen LogP contribution is -2.40. The molecule has 23 heavy (non-hydrogen) atoms. The van der Waals surface area contributed by atoms with E-state index in [2.05, 4.69) is 54.8 Å². The first kappa shape index (κ1) is 16.2. The van der Waals surface area contributed by atoms with Crippen molar-refractivity contribution in [1.29, 1.82) is 0 Å². The van der Waals surface area contributed by atoms with Crippen LogP contribution in [0.2, 0.25) is 5.02 Å². The van der Waals surface area contributed by atoms with Gasteiger partial charge in [-0.2, -0.15) is 0 Å². The van der Waals surface area contributed by atoms with Gasteiger partial charge in [-0.3, -0.25) is 0 Å². The molecule has 0 saturated carbocycles. The van der Waals surface area contributed by atoms with E-state index >= 15 is 0 Å². The van der Waals surface area contributed by atoms with Crippen molar-refractivity contribution in [2.75, 3.05) is 18.4 Å². The summed E-state index contributed by atoms with van der Waals surface area (Å²) in [5.41, 5.74) is 3.51. The zero-order valence-electron chi connectivity index (χ0n) is 13.7. The standard InChI is InChI=1S/C19H23ClN2O/c1-19(2)13-22-17-11-14(5-8-18(17)23-19)9-10-21-12-15-3-6-16(20)7-4-15/h3-8,11,21-22H,9-10,12-13H2,1-2H3. The Morgan fingerprint density at radius 3 is 2.65 bits per heavy atom. The van der Waals surface area contributed by atoms with E-state index in [0.717, 1.165) is 42.5 Å². The van der Waals surface area contributed by atoms with Crippen LogP contribution < -0.4 is 15.4 Å². The number of hydrogen-bond acceptors (Lipinski definition) is 3. The average Bonchev–Trinajstić information content (AvgIpc) is 2.52. The number of fused-ring (bicyclic) bond motifs is 1. The van der Waals surface area contributed by atoms with Crippen molar-refractivity contribution >= 4 is 17.3 Å². The van der Waals surface area contributed by atoms with Crippen LogP contribution in [0.4, 0.5) is 5.69 Å². The van der Waals surface area contributed by atoms with Crippen LogP contribution in [0.1, 0.15) is 25.0 Å². The second-order valence-electron chi connectivity index (χ2n) is 6.60. The molecule has 0 amide bonds. The summed E-state index contributed by atoms with van der Waals surface area (Å²) in [5.74, 6) is 0.944. The van der Waals surface area contributed by atoms with Gasteiger partial charge in [0.2, 0.25) is 0 Å². The van der Waals surface area contributed by atoms with Gasteiger partial charge in [0.1, 0.15) is 11.4 Å². The molecule has 1 aliphatic heterocycles. The molecule has 1 aliphatic rings. The minimum Gasteiger partial charge on any atom is -0.484 e. The minimum atomic E-state index is -0.144. The number of benzene rings is 2. The van der Waals surface area contributed by atoms with Crippen molar-refractivity contribution in [2.24, 2.45) is 0 Å². The number of nitrogens with one attached hydrogen (secondary N) is 2. The van der Waals surface area contributed by atoms with Gasteiger partial charge in [-0.15, -0.1) is 0 Å². The van der Waals surface area contributed by atoms with Crippen LogP contribution in [0.5, 0.6) is 5.75 Å². The first-order chi connectivity index (χ1) is 11.0. The first-order valence-corrected chi connectivity index (χ1v) is 8.41. The molecule has 1 heterocycles. The van der Waals surface area contributed by atoms with Gasteiger partial charge in [-0.05, 0) is 62.2 Å². The van der Waals surface area contributed by atoms with Crippen LogP contribution in [0.25, 0.3) is 0 Å². The summed E-state index contributed by atoms with van der Waals surface area (Å²) < 4.78 is 5.98. The lowest BCUT2D eigenvalue weighted by molar-refractivity contribution is 0.116. The molecule has 0 fully saturated rings. The Morgan fingerprint density at radius 2 is 1.87 bits per heavy atom. The molecule has 0 atom stereocenters. The first-order valence-electron chi connectivity index (χ1n) is 8.03. The molecule has 0 spiro atoms. The molecular formula is C19H23ClN2O. The molecule has 0 radical (unpaired) electrons. The number of hydrogen-bond donors (Lipinski definition) is 2. The summed E-state index contributed by atoms with van der Waals surface area (Å²) in [6.07, 6.45) is 0.992. The van der Waals surface area contributed by atoms with Gasteiger partial charge in [0, 0.05) is 11.6 Å². The van der Waals surface area contributed by atoms with E-state index in [0.29, 0.717) is 0 Å². The smallest absolute Gasteiger partial charge is 0.143 e. The largest absolute Gasteiger partial charge is 0.484 e. The predicted octanol–water partition coefficient (Wildman–Crippen LogP) is 4.26. The molecule has 122 valence electrons. The SMILES string of the molecule is CC1(C)CNc2cc(CCNCc3ccc(Cl)cc3)ccc2O1. The normalized spacial score (nSPS) is 15.4. The highest BCUT2D eigenvalue weighted by atomic mass is 35.5. The number of rotatable bonds is 5. The molecule has 0 bridgehead atoms. The van der Waals surface area contributed by atoms with Crippen molar-refractivity contribution in [3.8, 4) is 5.75 Å². The topological polar surface area (TPSA) is 33.3 Å². The predicted molar refractivity (Wildman–Crippen MR) is 96.5 cm³/mol. The maximum Gasteiger partial charge on any atom is 0.143 e. The second kappa shape index (κ2) is 6.81. The third kappa shape index (κ3) is 4.40. The molecular weight excluding hydrogens is 308 g/mol. The molecule has 0 unspecified atom stereocenters. The van der Waals surface area contributed by atoms with Gasteiger partial charge >= 0.3 is 0 Å². The Bertz CT molecular complexity index is 668. The fourth-order valence-corrected chi connectivity index (χ4v) is 2.80. The summed E-state index contributed by atoms with van der Waals surface area (Å²) in [7, 11) is 0. The summed E-state index contributed by atoms with van der Waals surface area (Å²) in [4.78, 5) is 0. The highest BCUT2D eigenvalue weighted by Crippen LogP contribution is 2.33. The molecule has 2 aromatic rings. The van der Waals surface area contributed by atoms with Crippen LogP contribution in [0.15, 0.2) is 42.5 Å². The zero-order valence-corrected chi connectivity index (χ0v) is 14.4. The van der Waals surface area contributed by atoms with Gasteiger partial charge in [0.05, 0.1) is 12.2 Å². The van der Waals surface area contributed by atoms with Crippen molar-refractivity contribution in [3.05, 3.63) is 58.6 Å². The van der Waals surface area contributed by atoms with E-state index in [1.165, 1.54) is 11.1 Å². The third-order valence-corrected chi connectivity index (χ3v) is 4.22. The fraction of sp³-hybridized carbons (Fsp3) is 0.368. The highest BCUT2D eigenvalue weighted by Gasteiger charge is 2.25. The fourth-order valence-electron chi connectivity index (χ4n) is 2.67. The van der Waals surface area contributed by atoms with E-state index < -0.39 is 0 Å². The molecule has 0 aliphatic carbocycles. The molecule has 2 N–H and O–H groups in total. The van der Waals surface area contributed by atoms with E-state index in [-0.39, 0.29) is 5.60 Å². The maximum absolute atomic E-state index is 5.98. The van der Waals surface area contributed by atoms with Crippen molar-refractivity contribution in [3.63, 3.8) is 0 Å². The quantitative estimate of drug-likeness (QED) is 0.804. The Labute approximate surface area is 143 Å². The zero-order chi connectivity index (χ0) is 16.3. The van der Waals surface area contributed by atoms with E-state index in [9.17, 15) is 0 Å². The molecule has 3 rings (SSSR count). The van der Waals surface area contributed by atoms with Gasteiger partial charge < -0.3 is 15.4 Å². The summed E-state index contributed by atoms with van der Waals surface area (Å²) in [5, 5.41) is 7.70. The second-order valence-corrected chi connectivity index (χ2v) is 7.04. The van der Waals surface area contributed by atoms with Gasteiger partial charge in [-0.25, -0.2) is 0 Å². The number of anilines is 1. The Morgan fingerprint density at radius 1 is 1.13 bits per heavy atom. The Kier molecular flexibility index (Phi) is 4.79. The number of halogens is 1. The van der Waals surface area contributed by atoms with Crippen molar-refractivity contribution in [1.82, 2.24) is 5.32 Å². The molecule has 3 nitrogen and oxygen atoms in total. The molecule has 0 saturated heterocycles. The highest BCUT2D eigenvalue weighted by molar-refractivity contribution is 6.30. The van der Waals surface area contributed by atoms with E-state index in [4.69, 9.17) is 16.3 Å². The van der Waals surface area contributed by atoms with Crippen molar-refractivity contribution < 1.29 is 4.74 Å². The average molecular weight is 331 g/mol. The Hall–Kier alpha value is -1.71. The summed E-state index contributed by atoms with van der Waals surface area (Å²) in [6.45, 7) is 6.82. The van der Waals surface area contributed by atoms with Crippen LogP contribution in [-0.2, 0) is 13.0 Å². The van der Waals surface area contributed by atoms with Gasteiger partial charge in [0.15, 0.2) is 0 Å². The lowest BCUT2D eigenvalue weighted by Gasteiger charge is -2.33. The molecule has 0 aromatic heterocycles. The number of ether oxygens (including phenoxy) is 1.